The summed E-state index contributed by atoms with van der Waals surface area (Å²) >= 11 is 5.75. The minimum Gasteiger partial charge on any atom is -0.383 e. The maximum Gasteiger partial charge on any atom is 0.0480 e. The Labute approximate surface area is 71.6 Å². The number of hydrogen-bond acceptors (Lipinski definition) is 2. The Morgan fingerprint density at radius 1 is 1.55 bits per heavy atom. The molecule has 0 aromatic carbocycles. The van der Waals surface area contributed by atoms with E-state index in [4.69, 9.17) is 11.6 Å². The number of hydrogen-bond donors (Lipinski definition) is 1. The summed E-state index contributed by atoms with van der Waals surface area (Å²) in [6.45, 7) is 2.74. The largest absolute Gasteiger partial charge is 0.383 e. The van der Waals surface area contributed by atoms with Crippen molar-refractivity contribution < 1.29 is 0 Å². The van der Waals surface area contributed by atoms with E-state index in [-0.39, 0.29) is 5.38 Å². The molecule has 2 nitrogen and oxygen atoms in total. The van der Waals surface area contributed by atoms with Crippen LogP contribution in [-0.4, -0.2) is 16.9 Å². The van der Waals surface area contributed by atoms with Crippen molar-refractivity contribution in [3.63, 3.8) is 0 Å². The van der Waals surface area contributed by atoms with Crippen molar-refractivity contribution in [1.29, 1.82) is 0 Å². The summed E-state index contributed by atoms with van der Waals surface area (Å²) in [5, 5.41) is 3.33. The average molecular weight is 171 g/mol. The predicted molar refractivity (Wildman–Crippen MR) is 48.0 cm³/mol. The molecule has 0 aliphatic carbocycles. The highest BCUT2D eigenvalue weighted by molar-refractivity contribution is 6.20. The number of pyridine rings is 1. The van der Waals surface area contributed by atoms with Crippen LogP contribution in [0.5, 0.6) is 0 Å². The predicted octanol–water partition coefficient (Wildman–Crippen LogP) is 2.12. The number of alkyl halides is 1. The standard InChI is InChI=1S/C8H11ClN2/c1-7(9)6-11-8-2-4-10-5-3-8/h2-5,7H,6H2,1H3,(H,10,11). The van der Waals surface area contributed by atoms with Gasteiger partial charge in [0.2, 0.25) is 0 Å². The Morgan fingerprint density at radius 2 is 2.18 bits per heavy atom. The molecule has 1 heterocycles. The number of halogens is 1. The van der Waals surface area contributed by atoms with E-state index in [9.17, 15) is 0 Å². The molecule has 0 saturated heterocycles. The number of anilines is 1. The van der Waals surface area contributed by atoms with Gasteiger partial charge in [-0.15, -0.1) is 11.6 Å². The fraction of sp³-hybridized carbons (Fsp3) is 0.375. The third-order valence-corrected chi connectivity index (χ3v) is 1.42. The third kappa shape index (κ3) is 3.23. The first-order valence-electron chi connectivity index (χ1n) is 3.57. The molecule has 0 amide bonds. The lowest BCUT2D eigenvalue weighted by Gasteiger charge is -2.05. The lowest BCUT2D eigenvalue weighted by Crippen LogP contribution is -2.10. The molecular weight excluding hydrogens is 160 g/mol. The first-order valence-corrected chi connectivity index (χ1v) is 4.00. The number of nitrogens with zero attached hydrogens (tertiary/aromatic N) is 1. The number of rotatable bonds is 3. The summed E-state index contributed by atoms with van der Waals surface area (Å²) < 4.78 is 0. The van der Waals surface area contributed by atoms with Crippen LogP contribution in [0, 0.1) is 0 Å². The molecule has 0 aliphatic rings. The van der Waals surface area contributed by atoms with E-state index >= 15 is 0 Å². The van der Waals surface area contributed by atoms with E-state index in [2.05, 4.69) is 10.3 Å². The first-order chi connectivity index (χ1) is 5.29. The zero-order valence-electron chi connectivity index (χ0n) is 6.42. The average Bonchev–Trinajstić information content (AvgIpc) is 2.03. The molecule has 1 aromatic rings. The maximum atomic E-state index is 5.75. The molecule has 0 radical (unpaired) electrons. The maximum absolute atomic E-state index is 5.75. The highest BCUT2D eigenvalue weighted by Gasteiger charge is 1.94. The molecule has 3 heteroatoms. The van der Waals surface area contributed by atoms with E-state index < -0.39 is 0 Å². The third-order valence-electron chi connectivity index (χ3n) is 1.27. The monoisotopic (exact) mass is 170 g/mol. The molecule has 0 aliphatic heterocycles. The van der Waals surface area contributed by atoms with E-state index in [1.54, 1.807) is 12.4 Å². The van der Waals surface area contributed by atoms with E-state index in [0.717, 1.165) is 12.2 Å². The van der Waals surface area contributed by atoms with Gasteiger partial charge in [0.25, 0.3) is 0 Å². The molecule has 0 saturated carbocycles. The van der Waals surface area contributed by atoms with Crippen molar-refractivity contribution in [1.82, 2.24) is 4.98 Å². The lowest BCUT2D eigenvalue weighted by atomic mass is 10.4. The van der Waals surface area contributed by atoms with E-state index in [0.29, 0.717) is 0 Å². The van der Waals surface area contributed by atoms with Crippen LogP contribution in [0.25, 0.3) is 0 Å². The molecule has 0 bridgehead atoms. The van der Waals surface area contributed by atoms with Crippen molar-refractivity contribution in [2.24, 2.45) is 0 Å². The lowest BCUT2D eigenvalue weighted by molar-refractivity contribution is 0.987. The van der Waals surface area contributed by atoms with Crippen LogP contribution in [0.15, 0.2) is 24.5 Å². The second-order valence-electron chi connectivity index (χ2n) is 2.40. The molecule has 1 N–H and O–H groups in total. The van der Waals surface area contributed by atoms with Crippen LogP contribution in [0.4, 0.5) is 5.69 Å². The molecule has 60 valence electrons. The SMILES string of the molecule is CC(Cl)CNc1ccncc1. The van der Waals surface area contributed by atoms with Crippen LogP contribution < -0.4 is 5.32 Å². The molecule has 11 heavy (non-hydrogen) atoms. The Kier molecular flexibility index (Phi) is 3.17. The molecule has 0 spiro atoms. The van der Waals surface area contributed by atoms with Gasteiger partial charge in [-0.2, -0.15) is 0 Å². The van der Waals surface area contributed by atoms with Gasteiger partial charge in [0.15, 0.2) is 0 Å². The Hall–Kier alpha value is -0.760. The summed E-state index contributed by atoms with van der Waals surface area (Å²) in [4.78, 5) is 3.90. The summed E-state index contributed by atoms with van der Waals surface area (Å²) in [5.41, 5.74) is 1.06. The van der Waals surface area contributed by atoms with Crippen LogP contribution >= 0.6 is 11.6 Å². The van der Waals surface area contributed by atoms with Gasteiger partial charge in [0.1, 0.15) is 0 Å². The molecule has 1 atom stereocenters. The molecular formula is C8H11ClN2. The molecule has 1 unspecified atom stereocenters. The smallest absolute Gasteiger partial charge is 0.0480 e. The van der Waals surface area contributed by atoms with Gasteiger partial charge < -0.3 is 5.32 Å². The zero-order valence-corrected chi connectivity index (χ0v) is 7.17. The highest BCUT2D eigenvalue weighted by atomic mass is 35.5. The molecule has 1 aromatic heterocycles. The van der Waals surface area contributed by atoms with Gasteiger partial charge in [-0.25, -0.2) is 0 Å². The van der Waals surface area contributed by atoms with Crippen molar-refractivity contribution in [2.75, 3.05) is 11.9 Å². The van der Waals surface area contributed by atoms with Crippen molar-refractivity contribution in [3.8, 4) is 0 Å². The Bertz CT molecular complexity index is 199. The number of nitrogens with one attached hydrogen (secondary N) is 1. The fourth-order valence-electron chi connectivity index (χ4n) is 0.728. The van der Waals surface area contributed by atoms with Gasteiger partial charge in [0.05, 0.1) is 0 Å². The van der Waals surface area contributed by atoms with Gasteiger partial charge >= 0.3 is 0 Å². The topological polar surface area (TPSA) is 24.9 Å². The van der Waals surface area contributed by atoms with Crippen LogP contribution in [-0.2, 0) is 0 Å². The van der Waals surface area contributed by atoms with Crippen LogP contribution in [0.1, 0.15) is 6.92 Å². The van der Waals surface area contributed by atoms with E-state index in [1.165, 1.54) is 0 Å². The second kappa shape index (κ2) is 4.19. The normalized spacial score (nSPS) is 12.5. The van der Waals surface area contributed by atoms with Gasteiger partial charge in [-0.1, -0.05) is 0 Å². The second-order valence-corrected chi connectivity index (χ2v) is 3.14. The van der Waals surface area contributed by atoms with E-state index in [1.807, 2.05) is 19.1 Å². The van der Waals surface area contributed by atoms with Gasteiger partial charge in [-0.3, -0.25) is 4.98 Å². The molecule has 1 rings (SSSR count). The first kappa shape index (κ1) is 8.34. The summed E-state index contributed by atoms with van der Waals surface area (Å²) in [5.74, 6) is 0. The minimum absolute atomic E-state index is 0.156. The quantitative estimate of drug-likeness (QED) is 0.703. The number of aromatic nitrogens is 1. The summed E-state index contributed by atoms with van der Waals surface area (Å²) in [6.07, 6.45) is 3.50. The van der Waals surface area contributed by atoms with Crippen LogP contribution in [0.2, 0.25) is 0 Å². The van der Waals surface area contributed by atoms with Crippen molar-refractivity contribution in [3.05, 3.63) is 24.5 Å². The van der Waals surface area contributed by atoms with Crippen molar-refractivity contribution >= 4 is 17.3 Å². The van der Waals surface area contributed by atoms with Gasteiger partial charge in [0, 0.05) is 30.0 Å². The fourth-order valence-corrected chi connectivity index (χ4v) is 0.805. The summed E-state index contributed by atoms with van der Waals surface area (Å²) in [6, 6.07) is 3.83. The van der Waals surface area contributed by atoms with Crippen LogP contribution in [0.3, 0.4) is 0 Å². The minimum atomic E-state index is 0.156. The Morgan fingerprint density at radius 3 is 2.73 bits per heavy atom. The highest BCUT2D eigenvalue weighted by Crippen LogP contribution is 2.04. The zero-order chi connectivity index (χ0) is 8.10. The van der Waals surface area contributed by atoms with Crippen molar-refractivity contribution in [2.45, 2.75) is 12.3 Å². The Balaban J connectivity index is 2.39. The van der Waals surface area contributed by atoms with Gasteiger partial charge in [-0.05, 0) is 19.1 Å². The molecule has 0 fully saturated rings. The summed E-state index contributed by atoms with van der Waals surface area (Å²) in [7, 11) is 0.